The molecule has 1 aliphatic heterocycles. The number of aromatic nitrogens is 1. The Kier molecular flexibility index (Phi) is 5.60. The average Bonchev–Trinajstić information content (AvgIpc) is 2.80. The molecule has 0 amide bonds. The molecule has 1 atom stereocenters. The maximum atomic E-state index is 4.62. The lowest BCUT2D eigenvalue weighted by Gasteiger charge is -2.19. The molecule has 1 aromatic heterocycles. The van der Waals surface area contributed by atoms with Gasteiger partial charge in [-0.15, -0.1) is 11.3 Å². The molecule has 0 aromatic carbocycles. The summed E-state index contributed by atoms with van der Waals surface area (Å²) < 4.78 is 0. The summed E-state index contributed by atoms with van der Waals surface area (Å²) in [7, 11) is 2.20. The standard InChI is InChI=1S/C14H26N4S/c1-4-6-15-12(2)13-11-16-14(19-13)18-8-5-7-17(3)9-10-18/h11-12,15H,4-10H2,1-3H3. The van der Waals surface area contributed by atoms with E-state index in [1.807, 2.05) is 17.5 Å². The minimum Gasteiger partial charge on any atom is -0.347 e. The number of hydrogen-bond acceptors (Lipinski definition) is 5. The summed E-state index contributed by atoms with van der Waals surface area (Å²) in [5.41, 5.74) is 0. The van der Waals surface area contributed by atoms with Crippen LogP contribution in [0.4, 0.5) is 5.13 Å². The molecular formula is C14H26N4S. The van der Waals surface area contributed by atoms with Crippen LogP contribution in [0.1, 0.15) is 37.6 Å². The van der Waals surface area contributed by atoms with Gasteiger partial charge in [0.25, 0.3) is 0 Å². The molecule has 5 heteroatoms. The van der Waals surface area contributed by atoms with Gasteiger partial charge in [0.2, 0.25) is 0 Å². The topological polar surface area (TPSA) is 31.4 Å². The number of likely N-dealkylation sites (N-methyl/N-ethyl adjacent to an activating group) is 1. The van der Waals surface area contributed by atoms with Gasteiger partial charge in [-0.25, -0.2) is 4.98 Å². The van der Waals surface area contributed by atoms with Gasteiger partial charge in [0, 0.05) is 36.8 Å². The maximum Gasteiger partial charge on any atom is 0.185 e. The molecule has 1 N–H and O–H groups in total. The number of nitrogens with one attached hydrogen (secondary N) is 1. The summed E-state index contributed by atoms with van der Waals surface area (Å²) in [6, 6.07) is 0.417. The minimum absolute atomic E-state index is 0.417. The number of nitrogens with zero attached hydrogens (tertiary/aromatic N) is 3. The summed E-state index contributed by atoms with van der Waals surface area (Å²) in [4.78, 5) is 10.8. The van der Waals surface area contributed by atoms with E-state index < -0.39 is 0 Å². The lowest BCUT2D eigenvalue weighted by atomic mass is 10.3. The van der Waals surface area contributed by atoms with Gasteiger partial charge in [-0.05, 0) is 39.9 Å². The van der Waals surface area contributed by atoms with Crippen LogP contribution >= 0.6 is 11.3 Å². The second-order valence-corrected chi connectivity index (χ2v) is 6.41. The van der Waals surface area contributed by atoms with Gasteiger partial charge in [0.1, 0.15) is 0 Å². The van der Waals surface area contributed by atoms with E-state index in [2.05, 4.69) is 41.0 Å². The Labute approximate surface area is 120 Å². The fourth-order valence-electron chi connectivity index (χ4n) is 2.32. The van der Waals surface area contributed by atoms with E-state index in [-0.39, 0.29) is 0 Å². The summed E-state index contributed by atoms with van der Waals surface area (Å²) in [6.45, 7) is 10.1. The molecule has 2 rings (SSSR count). The zero-order chi connectivity index (χ0) is 13.7. The second-order valence-electron chi connectivity index (χ2n) is 5.36. The molecule has 0 aliphatic carbocycles. The van der Waals surface area contributed by atoms with E-state index in [4.69, 9.17) is 0 Å². The molecule has 1 aliphatic rings. The molecule has 0 bridgehead atoms. The smallest absolute Gasteiger partial charge is 0.185 e. The van der Waals surface area contributed by atoms with Gasteiger partial charge >= 0.3 is 0 Å². The van der Waals surface area contributed by atoms with Crippen molar-refractivity contribution in [3.63, 3.8) is 0 Å². The fraction of sp³-hybridized carbons (Fsp3) is 0.786. The van der Waals surface area contributed by atoms with Gasteiger partial charge in [-0.1, -0.05) is 6.92 Å². The van der Waals surface area contributed by atoms with Crippen LogP contribution in [-0.2, 0) is 0 Å². The lowest BCUT2D eigenvalue weighted by Crippen LogP contribution is -2.28. The number of thiazole rings is 1. The van der Waals surface area contributed by atoms with Crippen molar-refractivity contribution >= 4 is 16.5 Å². The normalized spacial score (nSPS) is 19.4. The Morgan fingerprint density at radius 3 is 3.00 bits per heavy atom. The third-order valence-electron chi connectivity index (χ3n) is 3.63. The maximum absolute atomic E-state index is 4.62. The van der Waals surface area contributed by atoms with Crippen LogP contribution < -0.4 is 10.2 Å². The van der Waals surface area contributed by atoms with Crippen molar-refractivity contribution in [2.24, 2.45) is 0 Å². The summed E-state index contributed by atoms with van der Waals surface area (Å²) in [5, 5.41) is 4.72. The highest BCUT2D eigenvalue weighted by Gasteiger charge is 2.17. The zero-order valence-electron chi connectivity index (χ0n) is 12.4. The SMILES string of the molecule is CCCNC(C)c1cnc(N2CCCN(C)CC2)s1. The van der Waals surface area contributed by atoms with E-state index in [0.717, 1.165) is 26.2 Å². The highest BCUT2D eigenvalue weighted by molar-refractivity contribution is 7.15. The largest absolute Gasteiger partial charge is 0.347 e. The van der Waals surface area contributed by atoms with Crippen molar-refractivity contribution in [1.29, 1.82) is 0 Å². The number of anilines is 1. The van der Waals surface area contributed by atoms with E-state index in [9.17, 15) is 0 Å². The number of rotatable bonds is 5. The summed E-state index contributed by atoms with van der Waals surface area (Å²) >= 11 is 1.84. The Morgan fingerprint density at radius 2 is 2.21 bits per heavy atom. The molecule has 1 fully saturated rings. The highest BCUT2D eigenvalue weighted by atomic mass is 32.1. The van der Waals surface area contributed by atoms with Crippen LogP contribution in [0, 0.1) is 0 Å². The van der Waals surface area contributed by atoms with Gasteiger partial charge in [0.05, 0.1) is 0 Å². The Hall–Kier alpha value is -0.650. The first-order valence-corrected chi connectivity index (χ1v) is 8.15. The van der Waals surface area contributed by atoms with E-state index >= 15 is 0 Å². The molecule has 1 aromatic rings. The molecule has 2 heterocycles. The molecule has 4 nitrogen and oxygen atoms in total. The van der Waals surface area contributed by atoms with Crippen LogP contribution in [0.15, 0.2) is 6.20 Å². The van der Waals surface area contributed by atoms with Crippen LogP contribution in [-0.4, -0.2) is 49.7 Å². The molecule has 0 radical (unpaired) electrons. The van der Waals surface area contributed by atoms with Crippen LogP contribution in [0.5, 0.6) is 0 Å². The first-order valence-electron chi connectivity index (χ1n) is 7.33. The van der Waals surface area contributed by atoms with Crippen molar-refractivity contribution in [2.75, 3.05) is 44.7 Å². The van der Waals surface area contributed by atoms with E-state index in [0.29, 0.717) is 6.04 Å². The third-order valence-corrected chi connectivity index (χ3v) is 4.87. The third kappa shape index (κ3) is 4.16. The first kappa shape index (κ1) is 14.8. The predicted octanol–water partition coefficient (Wildman–Crippen LogP) is 2.35. The van der Waals surface area contributed by atoms with Gasteiger partial charge in [-0.3, -0.25) is 0 Å². The van der Waals surface area contributed by atoms with E-state index in [1.165, 1.54) is 29.4 Å². The molecule has 0 spiro atoms. The molecule has 1 saturated heterocycles. The predicted molar refractivity (Wildman–Crippen MR) is 83.1 cm³/mol. The zero-order valence-corrected chi connectivity index (χ0v) is 13.2. The van der Waals surface area contributed by atoms with E-state index in [1.54, 1.807) is 0 Å². The fourth-order valence-corrected chi connectivity index (χ4v) is 3.32. The quantitative estimate of drug-likeness (QED) is 0.898. The Balaban J connectivity index is 1.95. The van der Waals surface area contributed by atoms with Crippen LogP contribution in [0.3, 0.4) is 0 Å². The molecule has 1 unspecified atom stereocenters. The van der Waals surface area contributed by atoms with Crippen LogP contribution in [0.25, 0.3) is 0 Å². The molecular weight excluding hydrogens is 256 g/mol. The second kappa shape index (κ2) is 7.22. The summed E-state index contributed by atoms with van der Waals surface area (Å²) in [6.07, 6.45) is 4.45. The van der Waals surface area contributed by atoms with Gasteiger partial charge < -0.3 is 15.1 Å². The van der Waals surface area contributed by atoms with Crippen molar-refractivity contribution < 1.29 is 0 Å². The molecule has 0 saturated carbocycles. The summed E-state index contributed by atoms with van der Waals surface area (Å²) in [5.74, 6) is 0. The first-order chi connectivity index (χ1) is 9.20. The van der Waals surface area contributed by atoms with Crippen molar-refractivity contribution in [3.05, 3.63) is 11.1 Å². The molecule has 19 heavy (non-hydrogen) atoms. The average molecular weight is 282 g/mol. The number of hydrogen-bond donors (Lipinski definition) is 1. The van der Waals surface area contributed by atoms with Crippen LogP contribution in [0.2, 0.25) is 0 Å². The van der Waals surface area contributed by atoms with Gasteiger partial charge in [0.15, 0.2) is 5.13 Å². The Bertz CT molecular complexity index is 379. The van der Waals surface area contributed by atoms with Crippen molar-refractivity contribution in [1.82, 2.24) is 15.2 Å². The monoisotopic (exact) mass is 282 g/mol. The van der Waals surface area contributed by atoms with Crippen molar-refractivity contribution in [2.45, 2.75) is 32.7 Å². The lowest BCUT2D eigenvalue weighted by molar-refractivity contribution is 0.360. The van der Waals surface area contributed by atoms with Crippen molar-refractivity contribution in [3.8, 4) is 0 Å². The Morgan fingerprint density at radius 1 is 1.37 bits per heavy atom. The minimum atomic E-state index is 0.417. The highest BCUT2D eigenvalue weighted by Crippen LogP contribution is 2.27. The molecule has 108 valence electrons. The van der Waals surface area contributed by atoms with Gasteiger partial charge in [-0.2, -0.15) is 0 Å².